The molecule has 0 nitrogen and oxygen atoms in total. The van der Waals surface area contributed by atoms with Crippen LogP contribution in [0.1, 0.15) is 57.4 Å². The Kier molecular flexibility index (Phi) is 6.73. The lowest BCUT2D eigenvalue weighted by molar-refractivity contribution is 0.252. The fourth-order valence-corrected chi connectivity index (χ4v) is 5.09. The predicted molar refractivity (Wildman–Crippen MR) is 123 cm³/mol. The zero-order valence-electron chi connectivity index (χ0n) is 17.6. The van der Waals surface area contributed by atoms with Crippen molar-refractivity contribution in [1.82, 2.24) is 0 Å². The Hall–Kier alpha value is -1.93. The minimum atomic E-state index is -0.535. The second-order valence-corrected chi connectivity index (χ2v) is 9.23. The quantitative estimate of drug-likeness (QED) is 0.369. The van der Waals surface area contributed by atoms with Crippen molar-refractivity contribution in [3.8, 4) is 11.1 Å². The van der Waals surface area contributed by atoms with Gasteiger partial charge in [-0.25, -0.2) is 8.78 Å². The lowest BCUT2D eigenvalue weighted by atomic mass is 9.78. The summed E-state index contributed by atoms with van der Waals surface area (Å²) in [5.74, 6) is 0.925. The van der Waals surface area contributed by atoms with Crippen LogP contribution in [0.25, 0.3) is 21.9 Å². The number of hydrogen-bond acceptors (Lipinski definition) is 0. The van der Waals surface area contributed by atoms with E-state index < -0.39 is 5.82 Å². The van der Waals surface area contributed by atoms with Gasteiger partial charge < -0.3 is 0 Å². The van der Waals surface area contributed by atoms with Gasteiger partial charge in [0.1, 0.15) is 11.6 Å². The minimum Gasteiger partial charge on any atom is -0.206 e. The molecule has 1 fully saturated rings. The zero-order valence-corrected chi connectivity index (χ0v) is 18.3. The maximum absolute atomic E-state index is 15.1. The van der Waals surface area contributed by atoms with Crippen molar-refractivity contribution < 1.29 is 8.78 Å². The fraction of sp³-hybridized carbons (Fsp3) is 0.407. The molecule has 0 heterocycles. The lowest BCUT2D eigenvalue weighted by Crippen LogP contribution is -2.15. The van der Waals surface area contributed by atoms with Crippen molar-refractivity contribution in [3.63, 3.8) is 0 Å². The van der Waals surface area contributed by atoms with Crippen LogP contribution in [0.4, 0.5) is 8.78 Å². The highest BCUT2D eigenvalue weighted by atomic mass is 35.5. The van der Waals surface area contributed by atoms with Crippen LogP contribution in [0.2, 0.25) is 5.02 Å². The van der Waals surface area contributed by atoms with E-state index in [4.69, 9.17) is 11.6 Å². The van der Waals surface area contributed by atoms with Crippen LogP contribution in [-0.4, -0.2) is 0 Å². The van der Waals surface area contributed by atoms with Crippen LogP contribution >= 0.6 is 11.6 Å². The molecule has 0 unspecified atom stereocenters. The summed E-state index contributed by atoms with van der Waals surface area (Å²) in [6, 6.07) is 14.1. The van der Waals surface area contributed by atoms with Gasteiger partial charge in [0.15, 0.2) is 0 Å². The van der Waals surface area contributed by atoms with Gasteiger partial charge in [0.25, 0.3) is 0 Å². The molecule has 0 atom stereocenters. The van der Waals surface area contributed by atoms with Gasteiger partial charge in [-0.15, -0.1) is 0 Å². The fourth-order valence-electron chi connectivity index (χ4n) is 4.97. The van der Waals surface area contributed by atoms with E-state index in [-0.39, 0.29) is 10.8 Å². The summed E-state index contributed by atoms with van der Waals surface area (Å²) in [6.45, 7) is 2.28. The van der Waals surface area contributed by atoms with Crippen molar-refractivity contribution in [1.29, 1.82) is 0 Å². The number of aryl methyl sites for hydroxylation is 1. The molecule has 0 aliphatic heterocycles. The molecule has 3 aromatic carbocycles. The third-order valence-corrected chi connectivity index (χ3v) is 7.06. The Labute approximate surface area is 183 Å². The monoisotopic (exact) mass is 426 g/mol. The van der Waals surface area contributed by atoms with Crippen LogP contribution in [0.3, 0.4) is 0 Å². The third kappa shape index (κ3) is 4.70. The van der Waals surface area contributed by atoms with Crippen molar-refractivity contribution >= 4 is 22.4 Å². The molecule has 158 valence electrons. The molecular formula is C27H29ClF2. The molecule has 0 saturated heterocycles. The molecular weight excluding hydrogens is 398 g/mol. The Morgan fingerprint density at radius 1 is 0.867 bits per heavy atom. The molecule has 1 saturated carbocycles. The number of fused-ring (bicyclic) bond motifs is 1. The molecule has 3 aromatic rings. The van der Waals surface area contributed by atoms with E-state index in [2.05, 4.69) is 13.0 Å². The molecule has 0 amide bonds. The molecule has 1 aliphatic carbocycles. The zero-order chi connectivity index (χ0) is 21.1. The summed E-state index contributed by atoms with van der Waals surface area (Å²) in [7, 11) is 0. The number of hydrogen-bond donors (Lipinski definition) is 0. The van der Waals surface area contributed by atoms with Gasteiger partial charge >= 0.3 is 0 Å². The van der Waals surface area contributed by atoms with Crippen LogP contribution in [0, 0.1) is 23.5 Å². The summed E-state index contributed by atoms with van der Waals surface area (Å²) >= 11 is 5.76. The summed E-state index contributed by atoms with van der Waals surface area (Å²) in [4.78, 5) is 0. The first kappa shape index (κ1) is 21.3. The smallest absolute Gasteiger partial charge is 0.142 e. The molecule has 0 N–H and O–H groups in total. The summed E-state index contributed by atoms with van der Waals surface area (Å²) in [5, 5.41) is 1.52. The maximum Gasteiger partial charge on any atom is 0.142 e. The molecule has 4 rings (SSSR count). The van der Waals surface area contributed by atoms with Crippen molar-refractivity contribution in [3.05, 3.63) is 70.8 Å². The van der Waals surface area contributed by atoms with Gasteiger partial charge in [-0.1, -0.05) is 93.4 Å². The highest BCUT2D eigenvalue weighted by Gasteiger charge is 2.20. The molecule has 3 heteroatoms. The van der Waals surface area contributed by atoms with E-state index >= 15 is 4.39 Å². The second kappa shape index (κ2) is 9.47. The van der Waals surface area contributed by atoms with Gasteiger partial charge in [0.2, 0.25) is 0 Å². The van der Waals surface area contributed by atoms with E-state index in [1.54, 1.807) is 12.1 Å². The van der Waals surface area contributed by atoms with Gasteiger partial charge in [-0.05, 0) is 53.3 Å². The van der Waals surface area contributed by atoms with Crippen molar-refractivity contribution in [2.24, 2.45) is 11.8 Å². The Morgan fingerprint density at radius 2 is 1.60 bits per heavy atom. The van der Waals surface area contributed by atoms with Gasteiger partial charge in [-0.3, -0.25) is 0 Å². The Balaban J connectivity index is 1.46. The van der Waals surface area contributed by atoms with E-state index in [0.717, 1.165) is 23.6 Å². The first-order valence-corrected chi connectivity index (χ1v) is 11.6. The van der Waals surface area contributed by atoms with Gasteiger partial charge in [0, 0.05) is 10.9 Å². The van der Waals surface area contributed by atoms with Crippen LogP contribution in [0.5, 0.6) is 0 Å². The van der Waals surface area contributed by atoms with E-state index in [1.807, 2.05) is 18.2 Å². The highest BCUT2D eigenvalue weighted by molar-refractivity contribution is 6.30. The predicted octanol–water partition coefficient (Wildman–Crippen LogP) is 8.98. The summed E-state index contributed by atoms with van der Waals surface area (Å²) < 4.78 is 28.9. The third-order valence-electron chi connectivity index (χ3n) is 6.75. The summed E-state index contributed by atoms with van der Waals surface area (Å²) in [6.07, 6.45) is 10.4. The molecule has 0 bridgehead atoms. The molecule has 1 aliphatic rings. The van der Waals surface area contributed by atoms with Gasteiger partial charge in [-0.2, -0.15) is 0 Å². The van der Waals surface area contributed by atoms with Crippen LogP contribution in [0.15, 0.2) is 48.5 Å². The average Bonchev–Trinajstić information content (AvgIpc) is 2.76. The number of halogens is 3. The van der Waals surface area contributed by atoms with Crippen LogP contribution < -0.4 is 0 Å². The Morgan fingerprint density at radius 3 is 2.30 bits per heavy atom. The van der Waals surface area contributed by atoms with Crippen molar-refractivity contribution in [2.75, 3.05) is 0 Å². The standard InChI is InChI=1S/C27H29ClF2/c1-2-3-18-4-6-19(7-5-18)8-9-20-10-13-23-21(16-20)11-14-24(27(23)30)22-12-15-25(28)26(29)17-22/h10-19H,2-9H2,1H3. The second-order valence-electron chi connectivity index (χ2n) is 8.83. The minimum absolute atomic E-state index is 0.0449. The molecule has 30 heavy (non-hydrogen) atoms. The first-order valence-electron chi connectivity index (χ1n) is 11.2. The van der Waals surface area contributed by atoms with E-state index in [0.29, 0.717) is 16.5 Å². The van der Waals surface area contributed by atoms with Gasteiger partial charge in [0.05, 0.1) is 5.02 Å². The van der Waals surface area contributed by atoms with Crippen molar-refractivity contribution in [2.45, 2.75) is 58.3 Å². The maximum atomic E-state index is 15.1. The first-order chi connectivity index (χ1) is 14.5. The molecule has 0 aromatic heterocycles. The number of benzene rings is 3. The van der Waals surface area contributed by atoms with Crippen LogP contribution in [-0.2, 0) is 6.42 Å². The largest absolute Gasteiger partial charge is 0.206 e. The van der Waals surface area contributed by atoms with E-state index in [1.165, 1.54) is 62.6 Å². The average molecular weight is 427 g/mol. The highest BCUT2D eigenvalue weighted by Crippen LogP contribution is 2.35. The van der Waals surface area contributed by atoms with E-state index in [9.17, 15) is 4.39 Å². The lowest BCUT2D eigenvalue weighted by Gasteiger charge is -2.28. The summed E-state index contributed by atoms with van der Waals surface area (Å²) in [5.41, 5.74) is 2.16. The normalized spacial score (nSPS) is 19.3. The topological polar surface area (TPSA) is 0 Å². The molecule has 0 radical (unpaired) electrons. The SMILES string of the molecule is CCCC1CCC(CCc2ccc3c(F)c(-c4ccc(Cl)c(F)c4)ccc3c2)CC1. The Bertz CT molecular complexity index is 1020. The molecule has 0 spiro atoms. The number of rotatable bonds is 6.